The molecule has 0 amide bonds. The Morgan fingerprint density at radius 1 is 0.760 bits per heavy atom. The fourth-order valence-electron chi connectivity index (χ4n) is 3.20. The Hall–Kier alpha value is -3.19. The molecule has 0 atom stereocenters. The van der Waals surface area contributed by atoms with Gasteiger partial charge in [0.2, 0.25) is 0 Å². The van der Waals surface area contributed by atoms with E-state index in [2.05, 4.69) is 30.3 Å². The molecule has 120 valence electrons. The third kappa shape index (κ3) is 2.97. The maximum Gasteiger partial charge on any atom is 0.185 e. The average Bonchev–Trinajstić information content (AvgIpc) is 2.65. The van der Waals surface area contributed by atoms with Crippen LogP contribution in [0.2, 0.25) is 0 Å². The highest BCUT2D eigenvalue weighted by Crippen LogP contribution is 2.29. The summed E-state index contributed by atoms with van der Waals surface area (Å²) in [5, 5.41) is 4.69. The van der Waals surface area contributed by atoms with E-state index in [1.807, 2.05) is 61.5 Å². The van der Waals surface area contributed by atoms with Gasteiger partial charge in [-0.05, 0) is 52.3 Å². The minimum atomic E-state index is 0.0250. The van der Waals surface area contributed by atoms with Crippen molar-refractivity contribution in [3.63, 3.8) is 0 Å². The predicted octanol–water partition coefficient (Wildman–Crippen LogP) is 6.20. The maximum atomic E-state index is 12.5. The first kappa shape index (κ1) is 15.3. The Morgan fingerprint density at radius 3 is 1.92 bits per heavy atom. The summed E-state index contributed by atoms with van der Waals surface area (Å²) in [5.74, 6) is 0.0250. The summed E-state index contributed by atoms with van der Waals surface area (Å²) in [7, 11) is 0. The van der Waals surface area contributed by atoms with Gasteiger partial charge in [0.05, 0.1) is 0 Å². The van der Waals surface area contributed by atoms with Crippen LogP contribution in [0.5, 0.6) is 0 Å². The SMILES string of the molecule is Cc1ccc(C(=O)/C=C\c2c3ccccc3cc3ccccc23)cc1. The fraction of sp³-hybridized carbons (Fsp3) is 0.0417. The van der Waals surface area contributed by atoms with Gasteiger partial charge in [-0.15, -0.1) is 0 Å². The zero-order chi connectivity index (χ0) is 17.2. The Balaban J connectivity index is 1.84. The van der Waals surface area contributed by atoms with E-state index >= 15 is 0 Å². The quantitative estimate of drug-likeness (QED) is 0.249. The normalized spacial score (nSPS) is 11.4. The number of rotatable bonds is 3. The molecule has 0 aliphatic heterocycles. The second kappa shape index (κ2) is 6.37. The van der Waals surface area contributed by atoms with E-state index in [0.29, 0.717) is 5.56 Å². The number of fused-ring (bicyclic) bond motifs is 2. The fourth-order valence-corrected chi connectivity index (χ4v) is 3.20. The molecule has 0 saturated heterocycles. The van der Waals surface area contributed by atoms with E-state index in [-0.39, 0.29) is 5.78 Å². The number of allylic oxidation sites excluding steroid dienone is 1. The number of hydrogen-bond acceptors (Lipinski definition) is 1. The van der Waals surface area contributed by atoms with Gasteiger partial charge in [-0.1, -0.05) is 78.4 Å². The highest BCUT2D eigenvalue weighted by molar-refractivity contribution is 6.11. The molecule has 0 saturated carbocycles. The third-order valence-corrected chi connectivity index (χ3v) is 4.55. The van der Waals surface area contributed by atoms with Gasteiger partial charge in [0.25, 0.3) is 0 Å². The summed E-state index contributed by atoms with van der Waals surface area (Å²) >= 11 is 0. The van der Waals surface area contributed by atoms with Gasteiger partial charge < -0.3 is 0 Å². The monoisotopic (exact) mass is 322 g/mol. The van der Waals surface area contributed by atoms with Crippen LogP contribution in [0, 0.1) is 6.92 Å². The van der Waals surface area contributed by atoms with Gasteiger partial charge in [-0.25, -0.2) is 0 Å². The molecule has 1 nitrogen and oxygen atoms in total. The minimum Gasteiger partial charge on any atom is -0.289 e. The van der Waals surface area contributed by atoms with E-state index in [1.54, 1.807) is 6.08 Å². The van der Waals surface area contributed by atoms with Crippen LogP contribution in [0.4, 0.5) is 0 Å². The smallest absolute Gasteiger partial charge is 0.185 e. The van der Waals surface area contributed by atoms with Crippen LogP contribution in [0.25, 0.3) is 27.6 Å². The molecule has 4 aromatic carbocycles. The van der Waals surface area contributed by atoms with E-state index in [4.69, 9.17) is 0 Å². The molecule has 4 rings (SSSR count). The molecule has 4 aromatic rings. The summed E-state index contributed by atoms with van der Waals surface area (Å²) in [6.07, 6.45) is 3.63. The van der Waals surface area contributed by atoms with Crippen molar-refractivity contribution in [2.24, 2.45) is 0 Å². The van der Waals surface area contributed by atoms with Crippen molar-refractivity contribution < 1.29 is 4.79 Å². The Morgan fingerprint density at radius 2 is 1.32 bits per heavy atom. The van der Waals surface area contributed by atoms with Crippen LogP contribution in [0.1, 0.15) is 21.5 Å². The molecule has 0 unspecified atom stereocenters. The molecule has 1 heteroatoms. The Kier molecular flexibility index (Phi) is 3.91. The zero-order valence-corrected chi connectivity index (χ0v) is 14.1. The van der Waals surface area contributed by atoms with Crippen molar-refractivity contribution in [3.8, 4) is 0 Å². The molecule has 0 spiro atoms. The van der Waals surface area contributed by atoms with Crippen LogP contribution < -0.4 is 0 Å². The largest absolute Gasteiger partial charge is 0.289 e. The lowest BCUT2D eigenvalue weighted by Crippen LogP contribution is -1.94. The summed E-state index contributed by atoms with van der Waals surface area (Å²) < 4.78 is 0. The number of aryl methyl sites for hydroxylation is 1. The molecule has 0 aliphatic carbocycles. The third-order valence-electron chi connectivity index (χ3n) is 4.55. The predicted molar refractivity (Wildman–Crippen MR) is 106 cm³/mol. The van der Waals surface area contributed by atoms with Crippen molar-refractivity contribution in [1.82, 2.24) is 0 Å². The second-order valence-electron chi connectivity index (χ2n) is 6.30. The minimum absolute atomic E-state index is 0.0250. The highest BCUT2D eigenvalue weighted by atomic mass is 16.1. The lowest BCUT2D eigenvalue weighted by atomic mass is 9.96. The molecule has 0 aliphatic rings. The van der Waals surface area contributed by atoms with Crippen LogP contribution in [-0.2, 0) is 0 Å². The van der Waals surface area contributed by atoms with Crippen molar-refractivity contribution in [3.05, 3.63) is 102 Å². The first-order valence-electron chi connectivity index (χ1n) is 8.42. The van der Waals surface area contributed by atoms with Gasteiger partial charge in [-0.2, -0.15) is 0 Å². The zero-order valence-electron chi connectivity index (χ0n) is 14.1. The van der Waals surface area contributed by atoms with Gasteiger partial charge in [0.1, 0.15) is 0 Å². The van der Waals surface area contributed by atoms with Crippen LogP contribution in [0.3, 0.4) is 0 Å². The summed E-state index contributed by atoms with van der Waals surface area (Å²) in [6.45, 7) is 2.02. The lowest BCUT2D eigenvalue weighted by Gasteiger charge is -2.08. The van der Waals surface area contributed by atoms with Crippen molar-refractivity contribution in [2.45, 2.75) is 6.92 Å². The number of benzene rings is 4. The summed E-state index contributed by atoms with van der Waals surface area (Å²) in [5.41, 5.74) is 2.96. The van der Waals surface area contributed by atoms with Gasteiger partial charge >= 0.3 is 0 Å². The van der Waals surface area contributed by atoms with Crippen LogP contribution in [0.15, 0.2) is 84.9 Å². The first-order valence-corrected chi connectivity index (χ1v) is 8.42. The molecule has 0 aromatic heterocycles. The molecule has 0 heterocycles. The number of ketones is 1. The number of carbonyl (C=O) groups excluding carboxylic acids is 1. The van der Waals surface area contributed by atoms with Crippen LogP contribution >= 0.6 is 0 Å². The molecule has 0 radical (unpaired) electrons. The number of hydrogen-bond donors (Lipinski definition) is 0. The molecule has 25 heavy (non-hydrogen) atoms. The van der Waals surface area contributed by atoms with Crippen LogP contribution in [-0.4, -0.2) is 5.78 Å². The molecular weight excluding hydrogens is 304 g/mol. The van der Waals surface area contributed by atoms with Gasteiger partial charge in [0, 0.05) is 5.56 Å². The molecule has 0 N–H and O–H groups in total. The van der Waals surface area contributed by atoms with Crippen molar-refractivity contribution >= 4 is 33.4 Å². The molecule has 0 fully saturated rings. The van der Waals surface area contributed by atoms with Crippen molar-refractivity contribution in [2.75, 3.05) is 0 Å². The molecule has 0 bridgehead atoms. The molecular formula is C24H18O. The maximum absolute atomic E-state index is 12.5. The first-order chi connectivity index (χ1) is 12.2. The Labute approximate surface area is 147 Å². The average molecular weight is 322 g/mol. The van der Waals surface area contributed by atoms with Gasteiger partial charge in [0.15, 0.2) is 5.78 Å². The number of carbonyl (C=O) groups is 1. The van der Waals surface area contributed by atoms with E-state index in [1.165, 1.54) is 10.8 Å². The second-order valence-corrected chi connectivity index (χ2v) is 6.30. The van der Waals surface area contributed by atoms with E-state index in [9.17, 15) is 4.79 Å². The topological polar surface area (TPSA) is 17.1 Å². The highest BCUT2D eigenvalue weighted by Gasteiger charge is 2.06. The summed E-state index contributed by atoms with van der Waals surface area (Å²) in [4.78, 5) is 12.5. The van der Waals surface area contributed by atoms with Crippen molar-refractivity contribution in [1.29, 1.82) is 0 Å². The van der Waals surface area contributed by atoms with E-state index < -0.39 is 0 Å². The summed E-state index contributed by atoms with van der Waals surface area (Å²) in [6, 6.07) is 26.5. The standard InChI is InChI=1S/C24H18O/c1-17-10-12-18(13-11-17)24(25)15-14-23-21-8-4-2-6-19(21)16-20-7-3-5-9-22(20)23/h2-16H,1H3/b15-14-. The lowest BCUT2D eigenvalue weighted by molar-refractivity contribution is 0.104. The van der Waals surface area contributed by atoms with Gasteiger partial charge in [-0.3, -0.25) is 4.79 Å². The van der Waals surface area contributed by atoms with E-state index in [0.717, 1.165) is 21.9 Å². The Bertz CT molecular complexity index is 1050.